The molecular formula is C15H23N3O2. The van der Waals surface area contributed by atoms with Gasteiger partial charge in [-0.15, -0.1) is 0 Å². The average Bonchev–Trinajstić information content (AvgIpc) is 2.49. The van der Waals surface area contributed by atoms with Crippen molar-refractivity contribution in [2.24, 2.45) is 10.9 Å². The molecular weight excluding hydrogens is 254 g/mol. The maximum atomic E-state index is 12.6. The van der Waals surface area contributed by atoms with E-state index in [0.717, 1.165) is 12.0 Å². The summed E-state index contributed by atoms with van der Waals surface area (Å²) < 4.78 is 0. The minimum Gasteiger partial charge on any atom is -0.409 e. The van der Waals surface area contributed by atoms with Gasteiger partial charge in [-0.3, -0.25) is 4.79 Å². The van der Waals surface area contributed by atoms with Crippen LogP contribution in [0.25, 0.3) is 0 Å². The summed E-state index contributed by atoms with van der Waals surface area (Å²) in [5.41, 5.74) is 6.49. The van der Waals surface area contributed by atoms with Crippen LogP contribution in [0.2, 0.25) is 0 Å². The Morgan fingerprint density at radius 1 is 1.35 bits per heavy atom. The summed E-state index contributed by atoms with van der Waals surface area (Å²) in [5, 5.41) is 11.5. The number of carbonyl (C=O) groups excluding carboxylic acids is 1. The molecule has 0 fully saturated rings. The van der Waals surface area contributed by atoms with Gasteiger partial charge in [0.2, 0.25) is 5.91 Å². The van der Waals surface area contributed by atoms with Gasteiger partial charge in [-0.05, 0) is 18.9 Å². The zero-order valence-corrected chi connectivity index (χ0v) is 12.1. The SMILES string of the molecule is CCC(C(=O)N(CC)CCC(N)=NO)c1ccccc1. The van der Waals surface area contributed by atoms with Gasteiger partial charge in [0.05, 0.1) is 5.92 Å². The van der Waals surface area contributed by atoms with Crippen molar-refractivity contribution in [2.45, 2.75) is 32.6 Å². The van der Waals surface area contributed by atoms with Gasteiger partial charge in [0.15, 0.2) is 0 Å². The predicted molar refractivity (Wildman–Crippen MR) is 79.8 cm³/mol. The molecule has 0 aliphatic rings. The lowest BCUT2D eigenvalue weighted by Crippen LogP contribution is -2.37. The summed E-state index contributed by atoms with van der Waals surface area (Å²) >= 11 is 0. The summed E-state index contributed by atoms with van der Waals surface area (Å²) in [7, 11) is 0. The summed E-state index contributed by atoms with van der Waals surface area (Å²) in [6, 6.07) is 9.78. The molecule has 0 aliphatic carbocycles. The monoisotopic (exact) mass is 277 g/mol. The zero-order chi connectivity index (χ0) is 15.0. The minimum atomic E-state index is -0.136. The summed E-state index contributed by atoms with van der Waals surface area (Å²) in [6.45, 7) is 5.02. The van der Waals surface area contributed by atoms with Gasteiger partial charge in [0.25, 0.3) is 0 Å². The Balaban J connectivity index is 2.78. The lowest BCUT2D eigenvalue weighted by molar-refractivity contribution is -0.132. The Labute approximate surface area is 120 Å². The second-order valence-corrected chi connectivity index (χ2v) is 4.63. The number of hydrogen-bond donors (Lipinski definition) is 2. The summed E-state index contributed by atoms with van der Waals surface area (Å²) in [6.07, 6.45) is 1.13. The largest absolute Gasteiger partial charge is 0.409 e. The number of nitrogens with zero attached hydrogens (tertiary/aromatic N) is 2. The highest BCUT2D eigenvalue weighted by molar-refractivity contribution is 5.85. The highest BCUT2D eigenvalue weighted by Gasteiger charge is 2.23. The van der Waals surface area contributed by atoms with E-state index >= 15 is 0 Å². The highest BCUT2D eigenvalue weighted by Crippen LogP contribution is 2.22. The molecule has 3 N–H and O–H groups in total. The molecule has 0 saturated heterocycles. The van der Waals surface area contributed by atoms with Crippen LogP contribution < -0.4 is 5.73 Å². The van der Waals surface area contributed by atoms with Crippen LogP contribution in [-0.4, -0.2) is 34.9 Å². The van der Waals surface area contributed by atoms with Gasteiger partial charge in [0, 0.05) is 19.5 Å². The molecule has 1 aromatic rings. The van der Waals surface area contributed by atoms with E-state index in [4.69, 9.17) is 10.9 Å². The van der Waals surface area contributed by atoms with Gasteiger partial charge in [-0.25, -0.2) is 0 Å². The Kier molecular flexibility index (Phi) is 6.56. The Morgan fingerprint density at radius 3 is 2.50 bits per heavy atom. The first-order valence-corrected chi connectivity index (χ1v) is 6.94. The topological polar surface area (TPSA) is 78.9 Å². The first-order valence-electron chi connectivity index (χ1n) is 6.94. The van der Waals surface area contributed by atoms with Crippen LogP contribution in [-0.2, 0) is 4.79 Å². The number of rotatable bonds is 7. The van der Waals surface area contributed by atoms with Crippen LogP contribution in [0, 0.1) is 0 Å². The van der Waals surface area contributed by atoms with Gasteiger partial charge < -0.3 is 15.8 Å². The van der Waals surface area contributed by atoms with Crippen LogP contribution in [0.5, 0.6) is 0 Å². The predicted octanol–water partition coefficient (Wildman–Crippen LogP) is 2.17. The third kappa shape index (κ3) is 4.26. The number of oxime groups is 1. The molecule has 1 amide bonds. The van der Waals surface area contributed by atoms with Gasteiger partial charge in [-0.2, -0.15) is 0 Å². The number of likely N-dealkylation sites (N-methyl/N-ethyl adjacent to an activating group) is 1. The van der Waals surface area contributed by atoms with Crippen molar-refractivity contribution in [3.8, 4) is 0 Å². The van der Waals surface area contributed by atoms with E-state index in [2.05, 4.69) is 5.16 Å². The molecule has 0 saturated carbocycles. The van der Waals surface area contributed by atoms with E-state index in [1.165, 1.54) is 0 Å². The molecule has 0 radical (unpaired) electrons. The van der Waals surface area contributed by atoms with Gasteiger partial charge >= 0.3 is 0 Å². The molecule has 5 heteroatoms. The molecule has 5 nitrogen and oxygen atoms in total. The number of amides is 1. The van der Waals surface area contributed by atoms with Crippen LogP contribution in [0.1, 0.15) is 38.2 Å². The van der Waals surface area contributed by atoms with E-state index in [1.807, 2.05) is 44.2 Å². The van der Waals surface area contributed by atoms with Crippen molar-refractivity contribution in [1.82, 2.24) is 4.90 Å². The second-order valence-electron chi connectivity index (χ2n) is 4.63. The smallest absolute Gasteiger partial charge is 0.230 e. The molecule has 0 aromatic heterocycles. The minimum absolute atomic E-state index is 0.0898. The quantitative estimate of drug-likeness (QED) is 0.347. The Hall–Kier alpha value is -2.04. The normalized spacial score (nSPS) is 13.0. The molecule has 0 spiro atoms. The molecule has 110 valence electrons. The van der Waals surface area contributed by atoms with Crippen molar-refractivity contribution in [3.63, 3.8) is 0 Å². The van der Waals surface area contributed by atoms with Crippen molar-refractivity contribution < 1.29 is 10.0 Å². The number of carbonyl (C=O) groups is 1. The fourth-order valence-corrected chi connectivity index (χ4v) is 2.18. The number of nitrogens with two attached hydrogens (primary N) is 1. The molecule has 1 aromatic carbocycles. The maximum absolute atomic E-state index is 12.6. The molecule has 1 rings (SSSR count). The van der Waals surface area contributed by atoms with E-state index < -0.39 is 0 Å². The number of amidine groups is 1. The van der Waals surface area contributed by atoms with E-state index in [1.54, 1.807) is 4.90 Å². The van der Waals surface area contributed by atoms with Gasteiger partial charge in [0.1, 0.15) is 5.84 Å². The Morgan fingerprint density at radius 2 is 2.00 bits per heavy atom. The van der Waals surface area contributed by atoms with Crippen molar-refractivity contribution in [1.29, 1.82) is 0 Å². The third-order valence-corrected chi connectivity index (χ3v) is 3.37. The average molecular weight is 277 g/mol. The maximum Gasteiger partial charge on any atom is 0.230 e. The lowest BCUT2D eigenvalue weighted by Gasteiger charge is -2.26. The molecule has 20 heavy (non-hydrogen) atoms. The lowest BCUT2D eigenvalue weighted by atomic mass is 9.95. The number of hydrogen-bond acceptors (Lipinski definition) is 3. The van der Waals surface area contributed by atoms with E-state index in [0.29, 0.717) is 19.5 Å². The molecule has 1 atom stereocenters. The van der Waals surface area contributed by atoms with Crippen molar-refractivity contribution >= 4 is 11.7 Å². The van der Waals surface area contributed by atoms with Crippen molar-refractivity contribution in [3.05, 3.63) is 35.9 Å². The van der Waals surface area contributed by atoms with E-state index in [-0.39, 0.29) is 17.7 Å². The fourth-order valence-electron chi connectivity index (χ4n) is 2.18. The molecule has 0 heterocycles. The van der Waals surface area contributed by atoms with Crippen molar-refractivity contribution in [2.75, 3.05) is 13.1 Å². The summed E-state index contributed by atoms with van der Waals surface area (Å²) in [4.78, 5) is 14.3. The second kappa shape index (κ2) is 8.19. The van der Waals surface area contributed by atoms with Gasteiger partial charge in [-0.1, -0.05) is 42.4 Å². The van der Waals surface area contributed by atoms with Crippen LogP contribution in [0.3, 0.4) is 0 Å². The first kappa shape index (κ1) is 16.0. The third-order valence-electron chi connectivity index (χ3n) is 3.37. The Bertz CT molecular complexity index is 446. The van der Waals surface area contributed by atoms with E-state index in [9.17, 15) is 4.79 Å². The first-order chi connectivity index (χ1) is 9.63. The molecule has 0 bridgehead atoms. The highest BCUT2D eigenvalue weighted by atomic mass is 16.4. The van der Waals surface area contributed by atoms with Crippen LogP contribution >= 0.6 is 0 Å². The molecule has 0 aliphatic heterocycles. The standard InChI is InChI=1S/C15H23N3O2/c1-3-13(12-8-6-5-7-9-12)15(19)18(4-2)11-10-14(16)17-20/h5-9,13,20H,3-4,10-11H2,1-2H3,(H2,16,17). The summed E-state index contributed by atoms with van der Waals surface area (Å²) in [5.74, 6) is 0.0967. The number of benzene rings is 1. The van der Waals surface area contributed by atoms with Crippen LogP contribution in [0.4, 0.5) is 0 Å². The van der Waals surface area contributed by atoms with Crippen LogP contribution in [0.15, 0.2) is 35.5 Å². The fraction of sp³-hybridized carbons (Fsp3) is 0.467. The molecule has 1 unspecified atom stereocenters. The zero-order valence-electron chi connectivity index (χ0n) is 12.1.